The standard InChI is InChI=1S/C21H34/c1-15(2)17-7-11-19(12-8-17)21(5,6)20-13-9-18(10-14-20)16(3)4/h7-8,11-12,15-16,18,20H,9-10,13-14H2,1-6H3. The van der Waals surface area contributed by atoms with Gasteiger partial charge >= 0.3 is 0 Å². The molecule has 0 bridgehead atoms. The molecule has 0 aliphatic heterocycles. The molecule has 0 amide bonds. The third-order valence-corrected chi connectivity index (χ3v) is 6.06. The highest BCUT2D eigenvalue weighted by molar-refractivity contribution is 5.30. The Hall–Kier alpha value is -0.780. The van der Waals surface area contributed by atoms with Gasteiger partial charge in [-0.3, -0.25) is 0 Å². The zero-order valence-corrected chi connectivity index (χ0v) is 14.9. The lowest BCUT2D eigenvalue weighted by Crippen LogP contribution is -2.33. The molecule has 0 radical (unpaired) electrons. The molecule has 0 nitrogen and oxygen atoms in total. The normalized spacial score (nSPS) is 23.8. The summed E-state index contributed by atoms with van der Waals surface area (Å²) in [5, 5.41) is 0. The van der Waals surface area contributed by atoms with E-state index in [-0.39, 0.29) is 0 Å². The Kier molecular flexibility index (Phi) is 5.17. The quantitative estimate of drug-likeness (QED) is 0.588. The molecular formula is C21H34. The molecule has 1 fully saturated rings. The lowest BCUT2D eigenvalue weighted by atomic mass is 9.64. The zero-order chi connectivity index (χ0) is 15.6. The van der Waals surface area contributed by atoms with Crippen molar-refractivity contribution in [2.45, 2.75) is 78.6 Å². The second kappa shape index (κ2) is 6.55. The van der Waals surface area contributed by atoms with Crippen molar-refractivity contribution < 1.29 is 0 Å². The van der Waals surface area contributed by atoms with E-state index in [1.807, 2.05) is 0 Å². The van der Waals surface area contributed by atoms with E-state index in [9.17, 15) is 0 Å². The molecule has 0 unspecified atom stereocenters. The first-order valence-electron chi connectivity index (χ1n) is 8.92. The Morgan fingerprint density at radius 1 is 0.857 bits per heavy atom. The summed E-state index contributed by atoms with van der Waals surface area (Å²) in [5.74, 6) is 3.29. The van der Waals surface area contributed by atoms with E-state index in [1.54, 1.807) is 0 Å². The predicted molar refractivity (Wildman–Crippen MR) is 93.8 cm³/mol. The van der Waals surface area contributed by atoms with E-state index in [2.05, 4.69) is 65.8 Å². The van der Waals surface area contributed by atoms with Crippen LogP contribution in [0.4, 0.5) is 0 Å². The average molecular weight is 287 g/mol. The van der Waals surface area contributed by atoms with Crippen molar-refractivity contribution in [3.8, 4) is 0 Å². The van der Waals surface area contributed by atoms with Crippen molar-refractivity contribution in [1.82, 2.24) is 0 Å². The van der Waals surface area contributed by atoms with Gasteiger partial charge in [-0.25, -0.2) is 0 Å². The summed E-state index contributed by atoms with van der Waals surface area (Å²) in [6, 6.07) is 9.43. The smallest absolute Gasteiger partial charge is 0.00753 e. The van der Waals surface area contributed by atoms with Gasteiger partial charge in [-0.05, 0) is 65.9 Å². The highest BCUT2D eigenvalue weighted by atomic mass is 14.4. The van der Waals surface area contributed by atoms with Crippen LogP contribution in [0.15, 0.2) is 24.3 Å². The van der Waals surface area contributed by atoms with E-state index in [4.69, 9.17) is 0 Å². The molecule has 118 valence electrons. The van der Waals surface area contributed by atoms with Crippen molar-refractivity contribution in [2.75, 3.05) is 0 Å². The molecule has 2 rings (SSSR count). The Morgan fingerprint density at radius 3 is 1.81 bits per heavy atom. The van der Waals surface area contributed by atoms with Gasteiger partial charge in [-0.15, -0.1) is 0 Å². The number of hydrogen-bond donors (Lipinski definition) is 0. The first-order valence-corrected chi connectivity index (χ1v) is 8.92. The molecule has 1 aliphatic carbocycles. The predicted octanol–water partition coefficient (Wildman–Crippen LogP) is 6.55. The summed E-state index contributed by atoms with van der Waals surface area (Å²) in [6.45, 7) is 14.2. The second-order valence-electron chi connectivity index (χ2n) is 8.35. The van der Waals surface area contributed by atoms with Gasteiger partial charge in [-0.1, -0.05) is 65.8 Å². The fraction of sp³-hybridized carbons (Fsp3) is 0.714. The maximum absolute atomic E-state index is 2.46. The summed E-state index contributed by atoms with van der Waals surface area (Å²) in [6.07, 6.45) is 5.66. The van der Waals surface area contributed by atoms with Crippen molar-refractivity contribution in [1.29, 1.82) is 0 Å². The van der Waals surface area contributed by atoms with Crippen LogP contribution in [0.5, 0.6) is 0 Å². The lowest BCUT2D eigenvalue weighted by molar-refractivity contribution is 0.167. The molecule has 1 aromatic rings. The van der Waals surface area contributed by atoms with Crippen LogP contribution in [0.3, 0.4) is 0 Å². The van der Waals surface area contributed by atoms with Crippen molar-refractivity contribution >= 4 is 0 Å². The summed E-state index contributed by atoms with van der Waals surface area (Å²) < 4.78 is 0. The van der Waals surface area contributed by atoms with Crippen LogP contribution in [0.25, 0.3) is 0 Å². The van der Waals surface area contributed by atoms with Gasteiger partial charge in [0, 0.05) is 0 Å². The van der Waals surface area contributed by atoms with Gasteiger partial charge in [0.1, 0.15) is 0 Å². The molecule has 21 heavy (non-hydrogen) atoms. The molecule has 0 spiro atoms. The van der Waals surface area contributed by atoms with Crippen molar-refractivity contribution in [2.24, 2.45) is 17.8 Å². The van der Waals surface area contributed by atoms with E-state index < -0.39 is 0 Å². The van der Waals surface area contributed by atoms with Crippen LogP contribution in [0.2, 0.25) is 0 Å². The second-order valence-corrected chi connectivity index (χ2v) is 8.35. The van der Waals surface area contributed by atoms with E-state index in [0.717, 1.165) is 17.8 Å². The van der Waals surface area contributed by atoms with Gasteiger partial charge in [0.2, 0.25) is 0 Å². The first kappa shape index (κ1) is 16.6. The summed E-state index contributed by atoms with van der Waals surface area (Å²) in [7, 11) is 0. The summed E-state index contributed by atoms with van der Waals surface area (Å²) in [5.41, 5.74) is 3.30. The average Bonchev–Trinajstić information content (AvgIpc) is 2.47. The fourth-order valence-corrected chi connectivity index (χ4v) is 4.04. The molecule has 1 saturated carbocycles. The van der Waals surface area contributed by atoms with Crippen LogP contribution in [-0.4, -0.2) is 0 Å². The number of hydrogen-bond acceptors (Lipinski definition) is 0. The molecule has 1 aromatic carbocycles. The molecule has 1 aliphatic rings. The summed E-state index contributed by atoms with van der Waals surface area (Å²) >= 11 is 0. The SMILES string of the molecule is CC(C)c1ccc(C(C)(C)C2CCC(C(C)C)CC2)cc1. The molecule has 0 atom stereocenters. The van der Waals surface area contributed by atoms with Crippen LogP contribution in [0.1, 0.15) is 84.3 Å². The van der Waals surface area contributed by atoms with Gasteiger partial charge in [0.15, 0.2) is 0 Å². The number of benzene rings is 1. The largest absolute Gasteiger partial charge is 0.0625 e. The third-order valence-electron chi connectivity index (χ3n) is 6.06. The van der Waals surface area contributed by atoms with Crippen molar-refractivity contribution in [3.63, 3.8) is 0 Å². The van der Waals surface area contributed by atoms with Gasteiger partial charge in [-0.2, -0.15) is 0 Å². The maximum atomic E-state index is 2.46. The topological polar surface area (TPSA) is 0 Å². The van der Waals surface area contributed by atoms with Crippen LogP contribution >= 0.6 is 0 Å². The van der Waals surface area contributed by atoms with Crippen molar-refractivity contribution in [3.05, 3.63) is 35.4 Å². The number of rotatable bonds is 4. The zero-order valence-electron chi connectivity index (χ0n) is 14.9. The molecule has 0 saturated heterocycles. The van der Waals surface area contributed by atoms with Crippen LogP contribution in [0, 0.1) is 17.8 Å². The Morgan fingerprint density at radius 2 is 1.38 bits per heavy atom. The molecular weight excluding hydrogens is 252 g/mol. The first-order chi connectivity index (χ1) is 9.82. The van der Waals surface area contributed by atoms with Gasteiger partial charge in [0.25, 0.3) is 0 Å². The Bertz CT molecular complexity index is 428. The van der Waals surface area contributed by atoms with Crippen LogP contribution < -0.4 is 0 Å². The maximum Gasteiger partial charge on any atom is -0.00753 e. The lowest BCUT2D eigenvalue weighted by Gasteiger charge is -2.41. The van der Waals surface area contributed by atoms with E-state index in [1.165, 1.54) is 36.8 Å². The molecule has 0 aromatic heterocycles. The molecule has 0 heteroatoms. The van der Waals surface area contributed by atoms with Gasteiger partial charge < -0.3 is 0 Å². The minimum absolute atomic E-state index is 0.317. The monoisotopic (exact) mass is 286 g/mol. The van der Waals surface area contributed by atoms with E-state index in [0.29, 0.717) is 11.3 Å². The fourth-order valence-electron chi connectivity index (χ4n) is 4.04. The highest BCUT2D eigenvalue weighted by Crippen LogP contribution is 2.43. The minimum Gasteiger partial charge on any atom is -0.0625 e. The summed E-state index contributed by atoms with van der Waals surface area (Å²) in [4.78, 5) is 0. The molecule has 0 N–H and O–H groups in total. The Balaban J connectivity index is 2.07. The minimum atomic E-state index is 0.317. The Labute approximate surface area is 132 Å². The van der Waals surface area contributed by atoms with E-state index >= 15 is 0 Å². The third kappa shape index (κ3) is 3.71. The highest BCUT2D eigenvalue weighted by Gasteiger charge is 2.34. The van der Waals surface area contributed by atoms with Crippen LogP contribution in [-0.2, 0) is 5.41 Å². The molecule has 0 heterocycles. The van der Waals surface area contributed by atoms with Gasteiger partial charge in [0.05, 0.1) is 0 Å².